The lowest BCUT2D eigenvalue weighted by Crippen LogP contribution is -2.32. The molecule has 2 aromatic carbocycles. The van der Waals surface area contributed by atoms with Crippen LogP contribution in [0.4, 0.5) is 11.4 Å². The molecule has 0 spiro atoms. The summed E-state index contributed by atoms with van der Waals surface area (Å²) in [6, 6.07) is 18.2. The second-order valence-corrected chi connectivity index (χ2v) is 8.10. The molecule has 7 heteroatoms. The van der Waals surface area contributed by atoms with E-state index in [1.165, 1.54) is 16.2 Å². The fourth-order valence-corrected chi connectivity index (χ4v) is 4.27. The zero-order valence-electron chi connectivity index (χ0n) is 15.5. The molecule has 0 atom stereocenters. The van der Waals surface area contributed by atoms with E-state index in [9.17, 15) is 9.59 Å². The molecule has 2 amide bonds. The Morgan fingerprint density at radius 2 is 1.86 bits per heavy atom. The Labute approximate surface area is 180 Å². The van der Waals surface area contributed by atoms with E-state index in [-0.39, 0.29) is 11.6 Å². The Balaban J connectivity index is 1.76. The van der Waals surface area contributed by atoms with Crippen molar-refractivity contribution in [2.75, 3.05) is 16.8 Å². The summed E-state index contributed by atoms with van der Waals surface area (Å²) in [6.45, 7) is 2.45. The Morgan fingerprint density at radius 1 is 1.03 bits per heavy atom. The fraction of sp³-hybridized carbons (Fsp3) is 0.0909. The van der Waals surface area contributed by atoms with Crippen LogP contribution in [-0.4, -0.2) is 18.4 Å². The zero-order valence-corrected chi connectivity index (χ0v) is 17.9. The summed E-state index contributed by atoms with van der Waals surface area (Å²) < 4.78 is 6.33. The number of hydrogen-bond acceptors (Lipinski definition) is 5. The summed E-state index contributed by atoms with van der Waals surface area (Å²) in [5, 5.41) is 5.04. The minimum absolute atomic E-state index is 0.256. The van der Waals surface area contributed by atoms with Gasteiger partial charge in [0.1, 0.15) is 11.4 Å². The molecule has 1 aliphatic heterocycles. The van der Waals surface area contributed by atoms with Gasteiger partial charge >= 0.3 is 0 Å². The van der Waals surface area contributed by atoms with E-state index in [1.807, 2.05) is 54.8 Å². The van der Waals surface area contributed by atoms with Gasteiger partial charge < -0.3 is 10.1 Å². The molecule has 1 aliphatic rings. The first kappa shape index (κ1) is 19.4. The van der Waals surface area contributed by atoms with Crippen molar-refractivity contribution in [3.8, 4) is 5.75 Å². The van der Waals surface area contributed by atoms with Crippen molar-refractivity contribution in [2.24, 2.45) is 0 Å². The van der Waals surface area contributed by atoms with Gasteiger partial charge in [0.15, 0.2) is 0 Å². The van der Waals surface area contributed by atoms with Crippen LogP contribution >= 0.6 is 27.3 Å². The van der Waals surface area contributed by atoms with Gasteiger partial charge in [-0.05, 0) is 48.7 Å². The maximum atomic E-state index is 13.3. The maximum absolute atomic E-state index is 13.3. The number of rotatable bonds is 6. The van der Waals surface area contributed by atoms with Gasteiger partial charge in [0.25, 0.3) is 11.8 Å². The van der Waals surface area contributed by atoms with E-state index >= 15 is 0 Å². The Morgan fingerprint density at radius 3 is 2.59 bits per heavy atom. The highest BCUT2D eigenvalue weighted by Gasteiger charge is 2.40. The van der Waals surface area contributed by atoms with E-state index in [1.54, 1.807) is 18.2 Å². The number of benzene rings is 2. The minimum Gasteiger partial charge on any atom is -0.494 e. The topological polar surface area (TPSA) is 58.6 Å². The molecular weight excluding hydrogens is 452 g/mol. The summed E-state index contributed by atoms with van der Waals surface area (Å²) >= 11 is 4.82. The minimum atomic E-state index is -0.390. The lowest BCUT2D eigenvalue weighted by molar-refractivity contribution is -0.120. The van der Waals surface area contributed by atoms with Gasteiger partial charge in [0, 0.05) is 21.1 Å². The first-order valence-electron chi connectivity index (χ1n) is 9.01. The molecule has 146 valence electrons. The number of ether oxygens (including phenoxy) is 1. The molecule has 0 fully saturated rings. The quantitative estimate of drug-likeness (QED) is 0.498. The number of nitrogens with zero attached hydrogens (tertiary/aromatic N) is 1. The molecule has 0 radical (unpaired) electrons. The Kier molecular flexibility index (Phi) is 5.51. The smallest absolute Gasteiger partial charge is 0.282 e. The highest BCUT2D eigenvalue weighted by atomic mass is 79.9. The predicted molar refractivity (Wildman–Crippen MR) is 119 cm³/mol. The van der Waals surface area contributed by atoms with Crippen LogP contribution in [0, 0.1) is 0 Å². The molecule has 0 aliphatic carbocycles. The van der Waals surface area contributed by atoms with Crippen LogP contribution in [0.2, 0.25) is 0 Å². The lowest BCUT2D eigenvalue weighted by Gasteiger charge is -2.15. The number of halogens is 1. The van der Waals surface area contributed by atoms with Crippen molar-refractivity contribution in [3.05, 3.63) is 81.1 Å². The second kappa shape index (κ2) is 8.23. The molecule has 1 aromatic heterocycles. The number of amides is 2. The van der Waals surface area contributed by atoms with Crippen molar-refractivity contribution in [1.82, 2.24) is 0 Å². The van der Waals surface area contributed by atoms with Crippen LogP contribution in [-0.2, 0) is 9.59 Å². The van der Waals surface area contributed by atoms with E-state index in [4.69, 9.17) is 4.74 Å². The number of nitrogens with one attached hydrogen (secondary N) is 1. The first-order chi connectivity index (χ1) is 14.1. The van der Waals surface area contributed by atoms with Gasteiger partial charge in [-0.1, -0.05) is 34.1 Å². The highest BCUT2D eigenvalue weighted by Crippen LogP contribution is 2.36. The van der Waals surface area contributed by atoms with Crippen LogP contribution in [0.5, 0.6) is 5.75 Å². The van der Waals surface area contributed by atoms with Crippen molar-refractivity contribution in [1.29, 1.82) is 0 Å². The Hall–Kier alpha value is -2.90. The van der Waals surface area contributed by atoms with Gasteiger partial charge in [-0.2, -0.15) is 0 Å². The number of thiophene rings is 1. The monoisotopic (exact) mass is 468 g/mol. The number of hydrogen-bond donors (Lipinski definition) is 1. The molecule has 0 bridgehead atoms. The van der Waals surface area contributed by atoms with Crippen LogP contribution < -0.4 is 15.0 Å². The molecule has 5 nitrogen and oxygen atoms in total. The average Bonchev–Trinajstić information content (AvgIpc) is 3.30. The summed E-state index contributed by atoms with van der Waals surface area (Å²) in [5.41, 5.74) is 1.82. The van der Waals surface area contributed by atoms with E-state index in [0.29, 0.717) is 29.3 Å². The predicted octanol–water partition coefficient (Wildman–Crippen LogP) is 5.31. The maximum Gasteiger partial charge on any atom is 0.282 e. The largest absolute Gasteiger partial charge is 0.494 e. The number of anilines is 2. The van der Waals surface area contributed by atoms with Crippen LogP contribution in [0.3, 0.4) is 0 Å². The van der Waals surface area contributed by atoms with E-state index < -0.39 is 5.91 Å². The summed E-state index contributed by atoms with van der Waals surface area (Å²) in [6.07, 6.45) is 0. The van der Waals surface area contributed by atoms with Crippen molar-refractivity contribution >= 4 is 56.0 Å². The summed E-state index contributed by atoms with van der Waals surface area (Å²) in [5.74, 6) is -0.0475. The molecule has 1 N–H and O–H groups in total. The summed E-state index contributed by atoms with van der Waals surface area (Å²) in [7, 11) is 0. The van der Waals surface area contributed by atoms with Crippen LogP contribution in [0.25, 0.3) is 5.57 Å². The van der Waals surface area contributed by atoms with Crippen molar-refractivity contribution < 1.29 is 14.3 Å². The molecular formula is C22H17BrN2O3S. The molecule has 3 aromatic rings. The van der Waals surface area contributed by atoms with Gasteiger partial charge in [-0.15, -0.1) is 11.3 Å². The fourth-order valence-electron chi connectivity index (χ4n) is 3.12. The number of carbonyl (C=O) groups excluding carboxylic acids is 2. The highest BCUT2D eigenvalue weighted by molar-refractivity contribution is 9.10. The van der Waals surface area contributed by atoms with Gasteiger partial charge in [-0.25, -0.2) is 4.90 Å². The lowest BCUT2D eigenvalue weighted by atomic mass is 10.2. The molecule has 4 rings (SSSR count). The molecule has 0 unspecified atom stereocenters. The third-order valence-electron chi connectivity index (χ3n) is 4.33. The number of imide groups is 1. The zero-order chi connectivity index (χ0) is 20.4. The molecule has 0 saturated carbocycles. The van der Waals surface area contributed by atoms with Gasteiger partial charge in [0.05, 0.1) is 17.9 Å². The molecule has 2 heterocycles. The normalized spacial score (nSPS) is 13.9. The molecule has 29 heavy (non-hydrogen) atoms. The van der Waals surface area contributed by atoms with E-state index in [0.717, 1.165) is 9.35 Å². The SMILES string of the molecule is CCOc1cccc(NC2=C(c3cccs3)C(=O)N(c3cccc(Br)c3)C2=O)c1. The number of carbonyl (C=O) groups is 2. The third kappa shape index (κ3) is 3.83. The van der Waals surface area contributed by atoms with E-state index in [2.05, 4.69) is 21.2 Å². The van der Waals surface area contributed by atoms with Gasteiger partial charge in [0.2, 0.25) is 0 Å². The second-order valence-electron chi connectivity index (χ2n) is 6.24. The van der Waals surface area contributed by atoms with Crippen LogP contribution in [0.15, 0.2) is 76.2 Å². The first-order valence-corrected chi connectivity index (χ1v) is 10.7. The third-order valence-corrected chi connectivity index (χ3v) is 5.71. The average molecular weight is 469 g/mol. The van der Waals surface area contributed by atoms with Gasteiger partial charge in [-0.3, -0.25) is 9.59 Å². The van der Waals surface area contributed by atoms with Crippen molar-refractivity contribution in [2.45, 2.75) is 6.92 Å². The Bertz CT molecular complexity index is 1110. The molecule has 0 saturated heterocycles. The van der Waals surface area contributed by atoms with Crippen molar-refractivity contribution in [3.63, 3.8) is 0 Å². The standard InChI is InChI=1S/C22H17BrN2O3S/c1-2-28-17-9-4-7-15(13-17)24-20-19(18-10-5-11-29-18)21(26)25(22(20)27)16-8-3-6-14(23)12-16/h3-13,24H,2H2,1H3. The van der Waals surface area contributed by atoms with Crippen LogP contribution in [0.1, 0.15) is 11.8 Å². The summed E-state index contributed by atoms with van der Waals surface area (Å²) in [4.78, 5) is 28.5.